The summed E-state index contributed by atoms with van der Waals surface area (Å²) in [7, 11) is 0. The zero-order valence-electron chi connectivity index (χ0n) is 11.4. The minimum absolute atomic E-state index is 0.0483. The predicted molar refractivity (Wildman–Crippen MR) is 68.1 cm³/mol. The monoisotopic (exact) mass is 286 g/mol. The van der Waals surface area contributed by atoms with Crippen LogP contribution in [0, 0.1) is 11.8 Å². The Morgan fingerprint density at radius 3 is 2.55 bits per heavy atom. The van der Waals surface area contributed by atoms with E-state index in [4.69, 9.17) is 0 Å². The van der Waals surface area contributed by atoms with E-state index in [1.165, 1.54) is 0 Å². The molecule has 0 aromatic carbocycles. The van der Waals surface area contributed by atoms with Gasteiger partial charge in [0.05, 0.1) is 11.1 Å². The predicted octanol–water partition coefficient (Wildman–Crippen LogP) is 3.26. The molecule has 0 radical (unpaired) electrons. The van der Waals surface area contributed by atoms with Crippen LogP contribution in [-0.4, -0.2) is 16.9 Å². The van der Waals surface area contributed by atoms with E-state index in [2.05, 4.69) is 24.1 Å². The van der Waals surface area contributed by atoms with Crippen molar-refractivity contribution in [1.29, 1.82) is 0 Å². The normalized spacial score (nSPS) is 22.5. The van der Waals surface area contributed by atoms with Gasteiger partial charge in [-0.1, -0.05) is 13.8 Å². The zero-order chi connectivity index (χ0) is 14.9. The number of pyridine rings is 1. The highest BCUT2D eigenvalue weighted by molar-refractivity contribution is 5.94. The number of alkyl halides is 3. The van der Waals surface area contributed by atoms with E-state index in [1.807, 2.05) is 0 Å². The average molecular weight is 286 g/mol. The van der Waals surface area contributed by atoms with Crippen LogP contribution in [0.15, 0.2) is 18.5 Å². The minimum Gasteiger partial charge on any atom is -0.349 e. The van der Waals surface area contributed by atoms with E-state index >= 15 is 0 Å². The molecule has 1 N–H and O–H groups in total. The van der Waals surface area contributed by atoms with E-state index in [0.717, 1.165) is 31.3 Å². The quantitative estimate of drug-likeness (QED) is 0.926. The molecule has 1 heterocycles. The van der Waals surface area contributed by atoms with Crippen molar-refractivity contribution in [3.8, 4) is 0 Å². The first-order valence-electron chi connectivity index (χ1n) is 6.60. The summed E-state index contributed by atoms with van der Waals surface area (Å²) in [5.74, 6) is 0.661. The van der Waals surface area contributed by atoms with E-state index in [9.17, 15) is 18.0 Å². The van der Waals surface area contributed by atoms with E-state index < -0.39 is 17.6 Å². The minimum atomic E-state index is -4.48. The van der Waals surface area contributed by atoms with Gasteiger partial charge in [-0.15, -0.1) is 0 Å². The summed E-state index contributed by atoms with van der Waals surface area (Å²) in [6.07, 6.45) is -0.841. The van der Waals surface area contributed by atoms with Crippen LogP contribution in [0.25, 0.3) is 0 Å². The van der Waals surface area contributed by atoms with Gasteiger partial charge >= 0.3 is 6.18 Å². The Bertz CT molecular complexity index is 493. The molecule has 110 valence electrons. The van der Waals surface area contributed by atoms with Crippen LogP contribution in [0.3, 0.4) is 0 Å². The standard InChI is InChI=1S/C14H17F3N2O/c1-8(2)9-4-12(5-9)19-13(20)10-3-11(7-18-6-10)14(15,16)17/h3,6-9,12H,4-5H2,1-2H3,(H,19,20). The lowest BCUT2D eigenvalue weighted by atomic mass is 9.73. The number of rotatable bonds is 3. The highest BCUT2D eigenvalue weighted by Gasteiger charge is 2.34. The molecule has 1 aliphatic carbocycles. The summed E-state index contributed by atoms with van der Waals surface area (Å²) in [4.78, 5) is 15.4. The molecule has 0 unspecified atom stereocenters. The molecule has 1 aliphatic rings. The average Bonchev–Trinajstić information content (AvgIpc) is 2.31. The molecule has 1 aromatic heterocycles. The summed E-state index contributed by atoms with van der Waals surface area (Å²) in [5, 5.41) is 2.75. The van der Waals surface area contributed by atoms with E-state index in [-0.39, 0.29) is 11.6 Å². The first kappa shape index (κ1) is 14.8. The summed E-state index contributed by atoms with van der Waals surface area (Å²) in [6, 6.07) is 0.894. The molecule has 3 nitrogen and oxygen atoms in total. The summed E-state index contributed by atoms with van der Waals surface area (Å²) in [6.45, 7) is 4.25. The Labute approximate surface area is 115 Å². The first-order valence-corrected chi connectivity index (χ1v) is 6.60. The van der Waals surface area contributed by atoms with Gasteiger partial charge in [-0.2, -0.15) is 13.2 Å². The molecule has 1 aromatic rings. The van der Waals surface area contributed by atoms with Gasteiger partial charge in [-0.25, -0.2) is 0 Å². The second kappa shape index (κ2) is 5.42. The summed E-state index contributed by atoms with van der Waals surface area (Å²) in [5.41, 5.74) is -0.952. The maximum absolute atomic E-state index is 12.5. The van der Waals surface area contributed by atoms with Gasteiger partial charge in [0, 0.05) is 18.4 Å². The van der Waals surface area contributed by atoms with Crippen LogP contribution in [0.4, 0.5) is 13.2 Å². The summed E-state index contributed by atoms with van der Waals surface area (Å²) < 4.78 is 37.6. The number of hydrogen-bond donors (Lipinski definition) is 1. The molecule has 0 atom stereocenters. The third-order valence-electron chi connectivity index (χ3n) is 3.78. The number of aromatic nitrogens is 1. The van der Waals surface area contributed by atoms with Crippen LogP contribution >= 0.6 is 0 Å². The fourth-order valence-corrected chi connectivity index (χ4v) is 2.31. The Morgan fingerprint density at radius 2 is 2.00 bits per heavy atom. The highest BCUT2D eigenvalue weighted by atomic mass is 19.4. The Kier molecular flexibility index (Phi) is 4.01. The zero-order valence-corrected chi connectivity index (χ0v) is 11.4. The van der Waals surface area contributed by atoms with Gasteiger partial charge in [0.2, 0.25) is 0 Å². The topological polar surface area (TPSA) is 42.0 Å². The molecule has 1 fully saturated rings. The number of halogens is 3. The first-order chi connectivity index (χ1) is 9.27. The third-order valence-corrected chi connectivity index (χ3v) is 3.78. The van der Waals surface area contributed by atoms with Crippen LogP contribution in [0.2, 0.25) is 0 Å². The van der Waals surface area contributed by atoms with Gasteiger partial charge < -0.3 is 5.32 Å². The van der Waals surface area contributed by atoms with Crippen molar-refractivity contribution in [2.45, 2.75) is 38.9 Å². The second-order valence-corrected chi connectivity index (χ2v) is 5.61. The second-order valence-electron chi connectivity index (χ2n) is 5.61. The molecular formula is C14H17F3N2O. The molecule has 0 aliphatic heterocycles. The largest absolute Gasteiger partial charge is 0.417 e. The van der Waals surface area contributed by atoms with Crippen molar-refractivity contribution in [3.63, 3.8) is 0 Å². The van der Waals surface area contributed by atoms with Gasteiger partial charge in [-0.05, 0) is 30.7 Å². The van der Waals surface area contributed by atoms with Crippen molar-refractivity contribution in [1.82, 2.24) is 10.3 Å². The van der Waals surface area contributed by atoms with Gasteiger partial charge in [0.25, 0.3) is 5.91 Å². The SMILES string of the molecule is CC(C)C1CC(NC(=O)c2cncc(C(F)(F)F)c2)C1. The van der Waals surface area contributed by atoms with Crippen LogP contribution in [0.1, 0.15) is 42.6 Å². The van der Waals surface area contributed by atoms with Crippen molar-refractivity contribution in [2.24, 2.45) is 11.8 Å². The number of carbonyl (C=O) groups is 1. The fourth-order valence-electron chi connectivity index (χ4n) is 2.31. The Balaban J connectivity index is 1.97. The van der Waals surface area contributed by atoms with E-state index in [1.54, 1.807) is 0 Å². The number of hydrogen-bond acceptors (Lipinski definition) is 2. The van der Waals surface area contributed by atoms with Crippen molar-refractivity contribution in [3.05, 3.63) is 29.6 Å². The maximum Gasteiger partial charge on any atom is 0.417 e. The fraction of sp³-hybridized carbons (Fsp3) is 0.571. The summed E-state index contributed by atoms with van der Waals surface area (Å²) >= 11 is 0. The lowest BCUT2D eigenvalue weighted by Crippen LogP contribution is -2.45. The van der Waals surface area contributed by atoms with Crippen LogP contribution in [-0.2, 0) is 6.18 Å². The van der Waals surface area contributed by atoms with E-state index in [0.29, 0.717) is 11.8 Å². The van der Waals surface area contributed by atoms with Crippen molar-refractivity contribution in [2.75, 3.05) is 0 Å². The molecule has 1 amide bonds. The molecular weight excluding hydrogens is 269 g/mol. The smallest absolute Gasteiger partial charge is 0.349 e. The maximum atomic E-state index is 12.5. The molecule has 0 bridgehead atoms. The number of carbonyl (C=O) groups excluding carboxylic acids is 1. The van der Waals surface area contributed by atoms with Gasteiger partial charge in [-0.3, -0.25) is 9.78 Å². The molecule has 6 heteroatoms. The molecule has 1 saturated carbocycles. The van der Waals surface area contributed by atoms with Gasteiger partial charge in [0.15, 0.2) is 0 Å². The number of nitrogens with one attached hydrogen (secondary N) is 1. The molecule has 0 spiro atoms. The van der Waals surface area contributed by atoms with Crippen LogP contribution in [0.5, 0.6) is 0 Å². The Hall–Kier alpha value is -1.59. The lowest BCUT2D eigenvalue weighted by Gasteiger charge is -2.38. The molecule has 20 heavy (non-hydrogen) atoms. The number of amides is 1. The van der Waals surface area contributed by atoms with Crippen LogP contribution < -0.4 is 5.32 Å². The highest BCUT2D eigenvalue weighted by Crippen LogP contribution is 2.34. The van der Waals surface area contributed by atoms with Crippen molar-refractivity contribution < 1.29 is 18.0 Å². The Morgan fingerprint density at radius 1 is 1.35 bits per heavy atom. The van der Waals surface area contributed by atoms with Gasteiger partial charge in [0.1, 0.15) is 0 Å². The number of nitrogens with zero attached hydrogens (tertiary/aromatic N) is 1. The lowest BCUT2D eigenvalue weighted by molar-refractivity contribution is -0.137. The molecule has 0 saturated heterocycles. The molecule has 2 rings (SSSR count). The van der Waals surface area contributed by atoms with Crippen molar-refractivity contribution >= 4 is 5.91 Å². The third kappa shape index (κ3) is 3.29.